The van der Waals surface area contributed by atoms with Crippen LogP contribution in [0, 0.1) is 5.41 Å². The first-order valence-electron chi connectivity index (χ1n) is 5.01. The van der Waals surface area contributed by atoms with Crippen LogP contribution in [0.3, 0.4) is 0 Å². The molecule has 0 radical (unpaired) electrons. The van der Waals surface area contributed by atoms with E-state index in [0.717, 1.165) is 0 Å². The molecule has 0 atom stereocenters. The van der Waals surface area contributed by atoms with Gasteiger partial charge >= 0.3 is 5.97 Å². The third-order valence-electron chi connectivity index (χ3n) is 1.95. The summed E-state index contributed by atoms with van der Waals surface area (Å²) < 4.78 is 9.77. The van der Waals surface area contributed by atoms with Crippen LogP contribution in [0.4, 0.5) is 0 Å². The Balaban J connectivity index is 4.10. The van der Waals surface area contributed by atoms with Crippen LogP contribution in [0.1, 0.15) is 34.1 Å². The highest BCUT2D eigenvalue weighted by Gasteiger charge is 2.31. The monoisotopic (exact) mass is 216 g/mol. The standard InChI is InChI=1S/C11H20O4/c1-8(2)15-7-9(12)6-11(3,4)10(13)14-5/h8H,6-7H2,1-5H3. The van der Waals surface area contributed by atoms with Crippen molar-refractivity contribution in [3.63, 3.8) is 0 Å². The smallest absolute Gasteiger partial charge is 0.311 e. The fraction of sp³-hybridized carbons (Fsp3) is 0.818. The second kappa shape index (κ2) is 5.85. The zero-order chi connectivity index (χ0) is 12.1. The first kappa shape index (κ1) is 14.1. The molecule has 0 spiro atoms. The normalized spacial score (nSPS) is 11.6. The molecule has 15 heavy (non-hydrogen) atoms. The van der Waals surface area contributed by atoms with Gasteiger partial charge in [-0.15, -0.1) is 0 Å². The quantitative estimate of drug-likeness (QED) is 0.632. The van der Waals surface area contributed by atoms with Gasteiger partial charge in [0.2, 0.25) is 0 Å². The zero-order valence-corrected chi connectivity index (χ0v) is 10.1. The molecule has 0 aliphatic carbocycles. The molecule has 88 valence electrons. The Hall–Kier alpha value is -0.900. The molecule has 0 bridgehead atoms. The van der Waals surface area contributed by atoms with E-state index in [1.54, 1.807) is 13.8 Å². The van der Waals surface area contributed by atoms with Gasteiger partial charge in [-0.1, -0.05) is 0 Å². The summed E-state index contributed by atoms with van der Waals surface area (Å²) in [4.78, 5) is 22.7. The van der Waals surface area contributed by atoms with Crippen molar-refractivity contribution in [2.24, 2.45) is 5.41 Å². The number of esters is 1. The summed E-state index contributed by atoms with van der Waals surface area (Å²) in [5.41, 5.74) is -0.772. The number of Topliss-reactive ketones (excluding diaryl/α,β-unsaturated/α-hetero) is 1. The molecule has 0 amide bonds. The Morgan fingerprint density at radius 2 is 1.80 bits per heavy atom. The minimum atomic E-state index is -0.772. The third kappa shape index (κ3) is 5.52. The van der Waals surface area contributed by atoms with Crippen molar-refractivity contribution < 1.29 is 19.1 Å². The molecule has 4 nitrogen and oxygen atoms in total. The molecule has 0 aromatic heterocycles. The van der Waals surface area contributed by atoms with Crippen LogP contribution < -0.4 is 0 Å². The van der Waals surface area contributed by atoms with Crippen molar-refractivity contribution in [2.75, 3.05) is 13.7 Å². The predicted octanol–water partition coefficient (Wildman–Crippen LogP) is 1.57. The predicted molar refractivity (Wildman–Crippen MR) is 56.5 cm³/mol. The summed E-state index contributed by atoms with van der Waals surface area (Å²) in [6.45, 7) is 7.15. The number of hydrogen-bond acceptors (Lipinski definition) is 4. The molecule has 0 rings (SSSR count). The Bertz CT molecular complexity index is 231. The summed E-state index contributed by atoms with van der Waals surface area (Å²) in [5, 5.41) is 0. The minimum Gasteiger partial charge on any atom is -0.469 e. The molecule has 0 N–H and O–H groups in total. The van der Waals surface area contributed by atoms with E-state index in [4.69, 9.17) is 4.74 Å². The second-order valence-corrected chi connectivity index (χ2v) is 4.45. The maximum absolute atomic E-state index is 11.5. The van der Waals surface area contributed by atoms with Crippen LogP contribution in [-0.4, -0.2) is 31.6 Å². The van der Waals surface area contributed by atoms with Crippen molar-refractivity contribution in [2.45, 2.75) is 40.2 Å². The molecular formula is C11H20O4. The van der Waals surface area contributed by atoms with Crippen LogP contribution in [0.2, 0.25) is 0 Å². The molecule has 4 heteroatoms. The molecule has 0 saturated heterocycles. The summed E-state index contributed by atoms with van der Waals surface area (Å²) >= 11 is 0. The van der Waals surface area contributed by atoms with Gasteiger partial charge in [0.1, 0.15) is 6.61 Å². The molecule has 0 aliphatic heterocycles. The molecule has 0 aliphatic rings. The van der Waals surface area contributed by atoms with Crippen LogP contribution in [0.25, 0.3) is 0 Å². The van der Waals surface area contributed by atoms with Gasteiger partial charge in [-0.05, 0) is 27.7 Å². The summed E-state index contributed by atoms with van der Waals surface area (Å²) in [5.74, 6) is -0.459. The molecule has 0 saturated carbocycles. The largest absolute Gasteiger partial charge is 0.469 e. The van der Waals surface area contributed by atoms with Crippen molar-refractivity contribution in [3.8, 4) is 0 Å². The van der Waals surface area contributed by atoms with E-state index in [-0.39, 0.29) is 30.9 Å². The highest BCUT2D eigenvalue weighted by atomic mass is 16.5. The lowest BCUT2D eigenvalue weighted by Gasteiger charge is -2.20. The van der Waals surface area contributed by atoms with Gasteiger partial charge in [-0.25, -0.2) is 0 Å². The number of carbonyl (C=O) groups is 2. The topological polar surface area (TPSA) is 52.6 Å². The van der Waals surface area contributed by atoms with Crippen LogP contribution in [0.5, 0.6) is 0 Å². The Kier molecular flexibility index (Phi) is 5.50. The molecule has 0 fully saturated rings. The van der Waals surface area contributed by atoms with E-state index in [2.05, 4.69) is 4.74 Å². The lowest BCUT2D eigenvalue weighted by atomic mass is 9.87. The first-order valence-corrected chi connectivity index (χ1v) is 5.01. The lowest BCUT2D eigenvalue weighted by molar-refractivity contribution is -0.153. The number of hydrogen-bond donors (Lipinski definition) is 0. The van der Waals surface area contributed by atoms with Crippen LogP contribution in [-0.2, 0) is 19.1 Å². The zero-order valence-electron chi connectivity index (χ0n) is 10.1. The van der Waals surface area contributed by atoms with Gasteiger partial charge in [-0.3, -0.25) is 9.59 Å². The Labute approximate surface area is 90.9 Å². The molecule has 0 heterocycles. The average molecular weight is 216 g/mol. The van der Waals surface area contributed by atoms with Gasteiger partial charge in [-0.2, -0.15) is 0 Å². The van der Waals surface area contributed by atoms with Crippen molar-refractivity contribution in [1.82, 2.24) is 0 Å². The maximum Gasteiger partial charge on any atom is 0.311 e. The fourth-order valence-corrected chi connectivity index (χ4v) is 1.15. The highest BCUT2D eigenvalue weighted by molar-refractivity contribution is 5.87. The second-order valence-electron chi connectivity index (χ2n) is 4.45. The summed E-state index contributed by atoms with van der Waals surface area (Å²) in [7, 11) is 1.32. The van der Waals surface area contributed by atoms with E-state index < -0.39 is 5.41 Å². The van der Waals surface area contributed by atoms with Crippen molar-refractivity contribution in [1.29, 1.82) is 0 Å². The first-order chi connectivity index (χ1) is 6.79. The Morgan fingerprint density at radius 1 is 1.27 bits per heavy atom. The van der Waals surface area contributed by atoms with Crippen LogP contribution in [0.15, 0.2) is 0 Å². The van der Waals surface area contributed by atoms with E-state index in [0.29, 0.717) is 0 Å². The highest BCUT2D eigenvalue weighted by Crippen LogP contribution is 2.22. The van der Waals surface area contributed by atoms with Gasteiger partial charge < -0.3 is 9.47 Å². The van der Waals surface area contributed by atoms with E-state index >= 15 is 0 Å². The fourth-order valence-electron chi connectivity index (χ4n) is 1.15. The van der Waals surface area contributed by atoms with Gasteiger partial charge in [0, 0.05) is 6.42 Å². The van der Waals surface area contributed by atoms with Gasteiger partial charge in [0.25, 0.3) is 0 Å². The number of carbonyl (C=O) groups excluding carboxylic acids is 2. The molecule has 0 unspecified atom stereocenters. The third-order valence-corrected chi connectivity index (χ3v) is 1.95. The van der Waals surface area contributed by atoms with E-state index in [9.17, 15) is 9.59 Å². The van der Waals surface area contributed by atoms with Crippen molar-refractivity contribution in [3.05, 3.63) is 0 Å². The molecule has 0 aromatic rings. The lowest BCUT2D eigenvalue weighted by Crippen LogP contribution is -2.30. The SMILES string of the molecule is COC(=O)C(C)(C)CC(=O)COC(C)C. The Morgan fingerprint density at radius 3 is 2.20 bits per heavy atom. The molecule has 0 aromatic carbocycles. The summed E-state index contributed by atoms with van der Waals surface area (Å²) in [6.07, 6.45) is 0.169. The number of methoxy groups -OCH3 is 1. The number of rotatable bonds is 6. The van der Waals surface area contributed by atoms with E-state index in [1.165, 1.54) is 7.11 Å². The summed E-state index contributed by atoms with van der Waals surface area (Å²) in [6, 6.07) is 0. The molecular weight excluding hydrogens is 196 g/mol. The van der Waals surface area contributed by atoms with Gasteiger partial charge in [0.05, 0.1) is 18.6 Å². The number of ether oxygens (including phenoxy) is 2. The van der Waals surface area contributed by atoms with E-state index in [1.807, 2.05) is 13.8 Å². The maximum atomic E-state index is 11.5. The van der Waals surface area contributed by atoms with Crippen LogP contribution >= 0.6 is 0 Å². The minimum absolute atomic E-state index is 0.0233. The average Bonchev–Trinajstić information content (AvgIpc) is 2.12. The van der Waals surface area contributed by atoms with Gasteiger partial charge in [0.15, 0.2) is 5.78 Å². The number of ketones is 1. The van der Waals surface area contributed by atoms with Crippen molar-refractivity contribution >= 4 is 11.8 Å².